The predicted octanol–water partition coefficient (Wildman–Crippen LogP) is 3.45. The van der Waals surface area contributed by atoms with Gasteiger partial charge in [0.05, 0.1) is 30.9 Å². The topological polar surface area (TPSA) is 85.9 Å². The number of hydrogen-bond donors (Lipinski definition) is 2. The summed E-state index contributed by atoms with van der Waals surface area (Å²) in [4.78, 5) is 24.8. The number of benzene rings is 1. The van der Waals surface area contributed by atoms with Crippen molar-refractivity contribution in [3.8, 4) is 11.5 Å². The number of ether oxygens (including phenoxy) is 3. The summed E-state index contributed by atoms with van der Waals surface area (Å²) in [5, 5.41) is 5.52. The molecule has 7 heteroatoms. The van der Waals surface area contributed by atoms with Crippen molar-refractivity contribution in [1.29, 1.82) is 0 Å². The number of allylic oxidation sites excluding steroid dienone is 1. The first-order chi connectivity index (χ1) is 12.8. The van der Waals surface area contributed by atoms with Gasteiger partial charge in [-0.1, -0.05) is 13.0 Å². The second kappa shape index (κ2) is 8.79. The summed E-state index contributed by atoms with van der Waals surface area (Å²) in [6.45, 7) is 9.30. The monoisotopic (exact) mass is 376 g/mol. The van der Waals surface area contributed by atoms with Crippen molar-refractivity contribution in [3.05, 3.63) is 35.0 Å². The van der Waals surface area contributed by atoms with Crippen molar-refractivity contribution in [2.45, 2.75) is 59.3 Å². The van der Waals surface area contributed by atoms with E-state index in [0.717, 1.165) is 0 Å². The van der Waals surface area contributed by atoms with Crippen LogP contribution in [0.3, 0.4) is 0 Å². The molecule has 2 amide bonds. The highest BCUT2D eigenvalue weighted by Gasteiger charge is 2.34. The molecule has 0 aliphatic carbocycles. The zero-order valence-corrected chi connectivity index (χ0v) is 16.7. The Labute approximate surface area is 160 Å². The summed E-state index contributed by atoms with van der Waals surface area (Å²) in [6.07, 6.45) is 0.224. The molecule has 1 atom stereocenters. The molecule has 2 rings (SSSR count). The average Bonchev–Trinajstić information content (AvgIpc) is 2.59. The van der Waals surface area contributed by atoms with Gasteiger partial charge in [-0.25, -0.2) is 9.59 Å². The van der Waals surface area contributed by atoms with Gasteiger partial charge < -0.3 is 24.8 Å². The molecular weight excluding hydrogens is 348 g/mol. The highest BCUT2D eigenvalue weighted by molar-refractivity contribution is 5.95. The number of methoxy groups -OCH3 is 1. The van der Waals surface area contributed by atoms with Crippen molar-refractivity contribution in [2.75, 3.05) is 7.11 Å². The highest BCUT2D eigenvalue weighted by Crippen LogP contribution is 2.35. The largest absolute Gasteiger partial charge is 0.493 e. The van der Waals surface area contributed by atoms with E-state index in [2.05, 4.69) is 10.6 Å². The van der Waals surface area contributed by atoms with E-state index in [0.29, 0.717) is 34.8 Å². The summed E-state index contributed by atoms with van der Waals surface area (Å²) < 4.78 is 16.6. The van der Waals surface area contributed by atoms with Crippen molar-refractivity contribution in [1.82, 2.24) is 10.6 Å². The highest BCUT2D eigenvalue weighted by atomic mass is 16.5. The van der Waals surface area contributed by atoms with Crippen LogP contribution < -0.4 is 20.1 Å². The van der Waals surface area contributed by atoms with Crippen molar-refractivity contribution in [2.24, 2.45) is 0 Å². The maximum atomic E-state index is 12.7. The van der Waals surface area contributed by atoms with Crippen LogP contribution in [-0.2, 0) is 9.53 Å². The molecule has 148 valence electrons. The molecule has 1 unspecified atom stereocenters. The van der Waals surface area contributed by atoms with E-state index in [4.69, 9.17) is 14.2 Å². The molecule has 0 saturated heterocycles. The fourth-order valence-corrected chi connectivity index (χ4v) is 2.88. The summed E-state index contributed by atoms with van der Waals surface area (Å²) in [7, 11) is 1.55. The molecule has 1 aliphatic rings. The van der Waals surface area contributed by atoms with Crippen LogP contribution in [0.15, 0.2) is 29.5 Å². The molecule has 2 N–H and O–H groups in total. The fourth-order valence-electron chi connectivity index (χ4n) is 2.88. The first kappa shape index (κ1) is 20.6. The summed E-state index contributed by atoms with van der Waals surface area (Å²) >= 11 is 0. The molecule has 1 aromatic rings. The average molecular weight is 376 g/mol. The zero-order valence-electron chi connectivity index (χ0n) is 16.7. The molecule has 1 aromatic carbocycles. The Bertz CT molecular complexity index is 740. The molecule has 1 heterocycles. The molecule has 0 saturated carbocycles. The van der Waals surface area contributed by atoms with Gasteiger partial charge in [-0.3, -0.25) is 0 Å². The number of carbonyl (C=O) groups excluding carboxylic acids is 2. The van der Waals surface area contributed by atoms with E-state index in [1.807, 2.05) is 26.8 Å². The standard InChI is InChI=1S/C20H28N2O5/c1-7-14-17(19(23)27-12(4)5)18(22-20(24)21-14)13-8-9-15(26-11(2)3)16(10-13)25-6/h8-12,18H,7H2,1-6H3,(H2,21,22,24). The third-order valence-corrected chi connectivity index (χ3v) is 3.95. The van der Waals surface area contributed by atoms with Crippen LogP contribution in [0, 0.1) is 0 Å². The predicted molar refractivity (Wildman–Crippen MR) is 102 cm³/mol. The first-order valence-corrected chi connectivity index (χ1v) is 9.12. The molecule has 27 heavy (non-hydrogen) atoms. The lowest BCUT2D eigenvalue weighted by atomic mass is 9.94. The van der Waals surface area contributed by atoms with Crippen LogP contribution in [0.25, 0.3) is 0 Å². The van der Waals surface area contributed by atoms with E-state index < -0.39 is 12.0 Å². The number of amides is 2. The van der Waals surface area contributed by atoms with Crippen molar-refractivity contribution in [3.63, 3.8) is 0 Å². The van der Waals surface area contributed by atoms with Crippen LogP contribution in [0.1, 0.15) is 52.6 Å². The summed E-state index contributed by atoms with van der Waals surface area (Å²) in [5.74, 6) is 0.673. The number of urea groups is 1. The van der Waals surface area contributed by atoms with Gasteiger partial charge in [-0.15, -0.1) is 0 Å². The number of carbonyl (C=O) groups is 2. The third-order valence-electron chi connectivity index (χ3n) is 3.95. The van der Waals surface area contributed by atoms with Crippen LogP contribution in [0.4, 0.5) is 4.79 Å². The fraction of sp³-hybridized carbons (Fsp3) is 0.500. The summed E-state index contributed by atoms with van der Waals surface area (Å²) in [6, 6.07) is 4.36. The number of hydrogen-bond acceptors (Lipinski definition) is 5. The molecule has 1 aliphatic heterocycles. The molecule has 0 radical (unpaired) electrons. The molecule has 0 fully saturated rings. The quantitative estimate of drug-likeness (QED) is 0.712. The van der Waals surface area contributed by atoms with E-state index >= 15 is 0 Å². The Morgan fingerprint density at radius 2 is 1.85 bits per heavy atom. The van der Waals surface area contributed by atoms with Gasteiger partial charge in [0.2, 0.25) is 0 Å². The molecule has 0 aromatic heterocycles. The smallest absolute Gasteiger partial charge is 0.338 e. The normalized spacial score (nSPS) is 16.9. The maximum absolute atomic E-state index is 12.7. The van der Waals surface area contributed by atoms with Gasteiger partial charge in [-0.2, -0.15) is 0 Å². The third kappa shape index (κ3) is 4.93. The van der Waals surface area contributed by atoms with Crippen LogP contribution in [0.5, 0.6) is 11.5 Å². The van der Waals surface area contributed by atoms with Crippen LogP contribution >= 0.6 is 0 Å². The Morgan fingerprint density at radius 3 is 2.41 bits per heavy atom. The van der Waals surface area contributed by atoms with Gasteiger partial charge in [0.15, 0.2) is 11.5 Å². The first-order valence-electron chi connectivity index (χ1n) is 9.12. The minimum absolute atomic E-state index is 0.00787. The number of rotatable bonds is 7. The van der Waals surface area contributed by atoms with Crippen molar-refractivity contribution < 1.29 is 23.8 Å². The van der Waals surface area contributed by atoms with E-state index in [-0.39, 0.29) is 18.2 Å². The summed E-state index contributed by atoms with van der Waals surface area (Å²) in [5.41, 5.74) is 1.65. The molecule has 0 bridgehead atoms. The van der Waals surface area contributed by atoms with E-state index in [1.165, 1.54) is 0 Å². The second-order valence-corrected chi connectivity index (χ2v) is 6.81. The number of nitrogens with one attached hydrogen (secondary N) is 2. The Hall–Kier alpha value is -2.70. The van der Waals surface area contributed by atoms with Gasteiger partial charge >= 0.3 is 12.0 Å². The van der Waals surface area contributed by atoms with Crippen LogP contribution in [-0.4, -0.2) is 31.3 Å². The SMILES string of the molecule is CCC1=C(C(=O)OC(C)C)C(c2ccc(OC(C)C)c(OC)c2)NC(=O)N1. The van der Waals surface area contributed by atoms with Gasteiger partial charge in [-0.05, 0) is 51.8 Å². The lowest BCUT2D eigenvalue weighted by Gasteiger charge is -2.30. The zero-order chi connectivity index (χ0) is 20.1. The minimum atomic E-state index is -0.637. The molecule has 0 spiro atoms. The van der Waals surface area contributed by atoms with E-state index in [1.54, 1.807) is 33.1 Å². The van der Waals surface area contributed by atoms with E-state index in [9.17, 15) is 9.59 Å². The Kier molecular flexibility index (Phi) is 6.71. The van der Waals surface area contributed by atoms with Crippen LogP contribution in [0.2, 0.25) is 0 Å². The number of esters is 1. The van der Waals surface area contributed by atoms with Gasteiger partial charge in [0, 0.05) is 5.70 Å². The maximum Gasteiger partial charge on any atom is 0.338 e. The van der Waals surface area contributed by atoms with Gasteiger partial charge in [0.25, 0.3) is 0 Å². The molecular formula is C20H28N2O5. The minimum Gasteiger partial charge on any atom is -0.493 e. The molecule has 7 nitrogen and oxygen atoms in total. The second-order valence-electron chi connectivity index (χ2n) is 6.81. The lowest BCUT2D eigenvalue weighted by Crippen LogP contribution is -2.46. The Balaban J connectivity index is 2.49. The van der Waals surface area contributed by atoms with Crippen molar-refractivity contribution >= 4 is 12.0 Å². The lowest BCUT2D eigenvalue weighted by molar-refractivity contribution is -0.143. The van der Waals surface area contributed by atoms with Gasteiger partial charge in [0.1, 0.15) is 0 Å². The Morgan fingerprint density at radius 1 is 1.15 bits per heavy atom.